The average molecular weight is 298 g/mol. The predicted octanol–water partition coefficient (Wildman–Crippen LogP) is 3.69. The minimum Gasteiger partial charge on any atom is -0.444 e. The maximum absolute atomic E-state index is 12.8. The molecule has 2 aromatic carbocycles. The lowest BCUT2D eigenvalue weighted by Gasteiger charge is -2.01. The Hall–Kier alpha value is -2.69. The SMILES string of the molecule is Cc1cccc(COc2nc(Cc3ccc(F)cc3)no2)c1. The van der Waals surface area contributed by atoms with Gasteiger partial charge in [0.25, 0.3) is 0 Å². The van der Waals surface area contributed by atoms with Gasteiger partial charge in [0.15, 0.2) is 5.82 Å². The van der Waals surface area contributed by atoms with Crippen molar-refractivity contribution in [2.75, 3.05) is 0 Å². The molecule has 0 atom stereocenters. The van der Waals surface area contributed by atoms with E-state index >= 15 is 0 Å². The first kappa shape index (κ1) is 14.3. The quantitative estimate of drug-likeness (QED) is 0.721. The molecular weight excluding hydrogens is 283 g/mol. The molecule has 0 fully saturated rings. The fourth-order valence-corrected chi connectivity index (χ4v) is 2.10. The fourth-order valence-electron chi connectivity index (χ4n) is 2.10. The van der Waals surface area contributed by atoms with Crippen molar-refractivity contribution in [1.82, 2.24) is 10.1 Å². The van der Waals surface area contributed by atoms with Gasteiger partial charge < -0.3 is 4.74 Å². The lowest BCUT2D eigenvalue weighted by Crippen LogP contribution is -1.96. The molecule has 3 rings (SSSR count). The summed E-state index contributed by atoms with van der Waals surface area (Å²) in [5.41, 5.74) is 3.12. The van der Waals surface area contributed by atoms with Crippen LogP contribution in [0.3, 0.4) is 0 Å². The smallest absolute Gasteiger partial charge is 0.417 e. The van der Waals surface area contributed by atoms with Crippen LogP contribution in [0.25, 0.3) is 0 Å². The molecule has 0 saturated heterocycles. The van der Waals surface area contributed by atoms with Gasteiger partial charge in [0.2, 0.25) is 0 Å². The summed E-state index contributed by atoms with van der Waals surface area (Å²) in [6, 6.07) is 14.2. The molecule has 4 nitrogen and oxygen atoms in total. The zero-order valence-electron chi connectivity index (χ0n) is 12.1. The van der Waals surface area contributed by atoms with Gasteiger partial charge in [0.05, 0.1) is 0 Å². The molecule has 0 aliphatic rings. The zero-order chi connectivity index (χ0) is 15.4. The number of benzene rings is 2. The van der Waals surface area contributed by atoms with Crippen LogP contribution in [-0.4, -0.2) is 10.1 Å². The molecule has 0 amide bonds. The van der Waals surface area contributed by atoms with Crippen LogP contribution in [0.1, 0.15) is 22.5 Å². The van der Waals surface area contributed by atoms with E-state index in [2.05, 4.69) is 10.1 Å². The number of hydrogen-bond donors (Lipinski definition) is 0. The van der Waals surface area contributed by atoms with Gasteiger partial charge in [-0.15, -0.1) is 0 Å². The molecule has 0 N–H and O–H groups in total. The van der Waals surface area contributed by atoms with E-state index in [1.54, 1.807) is 12.1 Å². The molecule has 0 unspecified atom stereocenters. The molecule has 5 heteroatoms. The number of halogens is 1. The predicted molar refractivity (Wildman–Crippen MR) is 79.0 cm³/mol. The van der Waals surface area contributed by atoms with Gasteiger partial charge in [-0.2, -0.15) is 4.98 Å². The molecule has 1 aromatic heterocycles. The van der Waals surface area contributed by atoms with Crippen LogP contribution in [0.15, 0.2) is 53.1 Å². The van der Waals surface area contributed by atoms with Crippen LogP contribution in [-0.2, 0) is 13.0 Å². The van der Waals surface area contributed by atoms with Crippen LogP contribution < -0.4 is 4.74 Å². The third kappa shape index (κ3) is 3.69. The lowest BCUT2D eigenvalue weighted by molar-refractivity contribution is 0.195. The third-order valence-corrected chi connectivity index (χ3v) is 3.17. The summed E-state index contributed by atoms with van der Waals surface area (Å²) in [7, 11) is 0. The van der Waals surface area contributed by atoms with Crippen molar-refractivity contribution in [2.45, 2.75) is 20.0 Å². The highest BCUT2D eigenvalue weighted by molar-refractivity contribution is 5.22. The molecule has 0 saturated carbocycles. The van der Waals surface area contributed by atoms with E-state index in [4.69, 9.17) is 9.26 Å². The average Bonchev–Trinajstić information content (AvgIpc) is 2.95. The van der Waals surface area contributed by atoms with Gasteiger partial charge in [-0.3, -0.25) is 4.52 Å². The van der Waals surface area contributed by atoms with Crippen LogP contribution in [0, 0.1) is 12.7 Å². The standard InChI is InChI=1S/C17H15FN2O2/c1-12-3-2-4-14(9-12)11-21-17-19-16(20-22-17)10-13-5-7-15(18)8-6-13/h2-9H,10-11H2,1H3. The Morgan fingerprint density at radius 3 is 2.68 bits per heavy atom. The Morgan fingerprint density at radius 2 is 1.91 bits per heavy atom. The van der Waals surface area contributed by atoms with Gasteiger partial charge in [-0.1, -0.05) is 47.1 Å². The number of aryl methyl sites for hydroxylation is 1. The van der Waals surface area contributed by atoms with E-state index < -0.39 is 0 Å². The molecule has 0 radical (unpaired) electrons. The highest BCUT2D eigenvalue weighted by Gasteiger charge is 2.08. The Balaban J connectivity index is 1.60. The van der Waals surface area contributed by atoms with Crippen LogP contribution in [0.4, 0.5) is 4.39 Å². The molecule has 1 heterocycles. The largest absolute Gasteiger partial charge is 0.444 e. The number of aromatic nitrogens is 2. The highest BCUT2D eigenvalue weighted by atomic mass is 19.1. The molecule has 0 bridgehead atoms. The van der Waals surface area contributed by atoms with Crippen molar-refractivity contribution in [3.63, 3.8) is 0 Å². The maximum Gasteiger partial charge on any atom is 0.417 e. The van der Waals surface area contributed by atoms with Gasteiger partial charge in [0, 0.05) is 6.42 Å². The monoisotopic (exact) mass is 298 g/mol. The van der Waals surface area contributed by atoms with Gasteiger partial charge >= 0.3 is 6.08 Å². The summed E-state index contributed by atoms with van der Waals surface area (Å²) in [6.07, 6.45) is 0.607. The second-order valence-electron chi connectivity index (χ2n) is 5.06. The summed E-state index contributed by atoms with van der Waals surface area (Å²) >= 11 is 0. The van der Waals surface area contributed by atoms with E-state index in [-0.39, 0.29) is 11.9 Å². The summed E-state index contributed by atoms with van der Waals surface area (Å²) in [5, 5.41) is 3.86. The molecule has 3 aromatic rings. The minimum atomic E-state index is -0.265. The van der Waals surface area contributed by atoms with Crippen molar-refractivity contribution in [2.24, 2.45) is 0 Å². The number of ether oxygens (including phenoxy) is 1. The second-order valence-corrected chi connectivity index (χ2v) is 5.06. The first-order chi connectivity index (χ1) is 10.7. The Bertz CT molecular complexity index is 753. The number of nitrogens with zero attached hydrogens (tertiary/aromatic N) is 2. The molecule has 0 aliphatic carbocycles. The van der Waals surface area contributed by atoms with Crippen molar-refractivity contribution in [3.05, 3.63) is 76.9 Å². The highest BCUT2D eigenvalue weighted by Crippen LogP contribution is 2.14. The third-order valence-electron chi connectivity index (χ3n) is 3.17. The summed E-state index contributed by atoms with van der Waals surface area (Å²) in [6.45, 7) is 2.40. The summed E-state index contributed by atoms with van der Waals surface area (Å²) in [4.78, 5) is 4.17. The first-order valence-corrected chi connectivity index (χ1v) is 6.94. The van der Waals surface area contributed by atoms with E-state index in [1.807, 2.05) is 31.2 Å². The van der Waals surface area contributed by atoms with Crippen LogP contribution in [0.5, 0.6) is 6.08 Å². The lowest BCUT2D eigenvalue weighted by atomic mass is 10.1. The molecule has 22 heavy (non-hydrogen) atoms. The van der Waals surface area contributed by atoms with Gasteiger partial charge in [-0.05, 0) is 30.2 Å². The van der Waals surface area contributed by atoms with Crippen LogP contribution >= 0.6 is 0 Å². The summed E-state index contributed by atoms with van der Waals surface area (Å²) in [5.74, 6) is 0.241. The van der Waals surface area contributed by atoms with Crippen molar-refractivity contribution < 1.29 is 13.7 Å². The van der Waals surface area contributed by atoms with Crippen molar-refractivity contribution in [3.8, 4) is 6.08 Å². The van der Waals surface area contributed by atoms with E-state index in [1.165, 1.54) is 17.7 Å². The molecule has 0 spiro atoms. The fraction of sp³-hybridized carbons (Fsp3) is 0.176. The molecular formula is C17H15FN2O2. The van der Waals surface area contributed by atoms with Crippen molar-refractivity contribution >= 4 is 0 Å². The van der Waals surface area contributed by atoms with E-state index in [0.717, 1.165) is 11.1 Å². The minimum absolute atomic E-state index is 0.138. The second kappa shape index (κ2) is 6.39. The van der Waals surface area contributed by atoms with E-state index in [9.17, 15) is 4.39 Å². The normalized spacial score (nSPS) is 10.6. The van der Waals surface area contributed by atoms with Gasteiger partial charge in [-0.25, -0.2) is 4.39 Å². The maximum atomic E-state index is 12.8. The Kier molecular flexibility index (Phi) is 4.14. The molecule has 0 aliphatic heterocycles. The Labute approximate surface area is 127 Å². The first-order valence-electron chi connectivity index (χ1n) is 6.94. The van der Waals surface area contributed by atoms with Gasteiger partial charge in [0.1, 0.15) is 12.4 Å². The Morgan fingerprint density at radius 1 is 1.09 bits per heavy atom. The summed E-state index contributed by atoms with van der Waals surface area (Å²) < 4.78 is 23.4. The number of hydrogen-bond acceptors (Lipinski definition) is 4. The number of rotatable bonds is 5. The van der Waals surface area contributed by atoms with Crippen molar-refractivity contribution in [1.29, 1.82) is 0 Å². The topological polar surface area (TPSA) is 48.2 Å². The molecule has 112 valence electrons. The zero-order valence-corrected chi connectivity index (χ0v) is 12.1. The van der Waals surface area contributed by atoms with Crippen LogP contribution in [0.2, 0.25) is 0 Å². The van der Waals surface area contributed by atoms with E-state index in [0.29, 0.717) is 18.9 Å².